The van der Waals surface area contributed by atoms with E-state index in [0.29, 0.717) is 19.5 Å². The first-order valence-corrected chi connectivity index (χ1v) is 7.02. The van der Waals surface area contributed by atoms with Crippen LogP contribution in [0.2, 0.25) is 0 Å². The molecule has 6 nitrogen and oxygen atoms in total. The highest BCUT2D eigenvalue weighted by atomic mass is 16.2. The highest BCUT2D eigenvalue weighted by Crippen LogP contribution is 2.09. The van der Waals surface area contributed by atoms with Gasteiger partial charge in [-0.25, -0.2) is 0 Å². The van der Waals surface area contributed by atoms with Crippen LogP contribution in [0.15, 0.2) is 0 Å². The number of hydrogen-bond acceptors (Lipinski definition) is 4. The number of hydrogen-bond donors (Lipinski definition) is 4. The van der Waals surface area contributed by atoms with Gasteiger partial charge < -0.3 is 22.5 Å². The molecule has 0 rings (SSSR count). The van der Waals surface area contributed by atoms with Crippen LogP contribution in [-0.4, -0.2) is 30.9 Å². The van der Waals surface area contributed by atoms with Crippen molar-refractivity contribution in [2.24, 2.45) is 23.1 Å². The number of rotatable bonds is 11. The second-order valence-electron chi connectivity index (χ2n) is 4.93. The fraction of sp³-hybridized carbons (Fsp3) is 0.846. The van der Waals surface area contributed by atoms with E-state index >= 15 is 0 Å². The second-order valence-corrected chi connectivity index (χ2v) is 4.93. The van der Waals surface area contributed by atoms with Gasteiger partial charge in [-0.2, -0.15) is 0 Å². The van der Waals surface area contributed by atoms with Gasteiger partial charge >= 0.3 is 0 Å². The van der Waals surface area contributed by atoms with Crippen molar-refractivity contribution in [2.45, 2.75) is 51.5 Å². The molecular weight excluding hydrogens is 244 g/mol. The van der Waals surface area contributed by atoms with Crippen LogP contribution in [0, 0.1) is 5.92 Å². The molecule has 19 heavy (non-hydrogen) atoms. The molecule has 0 aliphatic rings. The monoisotopic (exact) mass is 272 g/mol. The molecule has 2 amide bonds. The molecule has 0 bridgehead atoms. The quantitative estimate of drug-likeness (QED) is 0.390. The zero-order valence-electron chi connectivity index (χ0n) is 11.9. The van der Waals surface area contributed by atoms with Crippen LogP contribution in [0.3, 0.4) is 0 Å². The van der Waals surface area contributed by atoms with E-state index in [-0.39, 0.29) is 11.8 Å². The maximum atomic E-state index is 11.9. The van der Waals surface area contributed by atoms with Gasteiger partial charge in [-0.1, -0.05) is 13.3 Å². The Morgan fingerprint density at radius 3 is 2.00 bits per heavy atom. The third-order valence-electron chi connectivity index (χ3n) is 3.15. The molecular formula is C13H28N4O2. The molecule has 0 fully saturated rings. The number of carbonyl (C=O) groups is 2. The standard InChI is InChI=1S/C13H28N4O2/c1-10(6-2-4-8-14)13(19)17-11(12(16)18)7-3-5-9-15/h10-11H,2-9,14-15H2,1H3,(H2,16,18)(H,17,19). The Balaban J connectivity index is 4.11. The highest BCUT2D eigenvalue weighted by molar-refractivity contribution is 5.87. The zero-order valence-corrected chi connectivity index (χ0v) is 11.9. The number of nitrogens with two attached hydrogens (primary N) is 3. The van der Waals surface area contributed by atoms with E-state index in [1.54, 1.807) is 0 Å². The Morgan fingerprint density at radius 2 is 1.53 bits per heavy atom. The Kier molecular flexibility index (Phi) is 10.1. The lowest BCUT2D eigenvalue weighted by molar-refractivity contribution is -0.129. The molecule has 2 unspecified atom stereocenters. The number of amides is 2. The van der Waals surface area contributed by atoms with Gasteiger partial charge in [0.25, 0.3) is 0 Å². The predicted octanol–water partition coefficient (Wildman–Crippen LogP) is -0.149. The fourth-order valence-electron chi connectivity index (χ4n) is 1.82. The molecule has 0 aromatic rings. The van der Waals surface area contributed by atoms with E-state index in [1.807, 2.05) is 6.92 Å². The minimum atomic E-state index is -0.587. The smallest absolute Gasteiger partial charge is 0.239 e. The molecule has 0 radical (unpaired) electrons. The van der Waals surface area contributed by atoms with Crippen molar-refractivity contribution in [3.63, 3.8) is 0 Å². The van der Waals surface area contributed by atoms with Crippen LogP contribution in [0.25, 0.3) is 0 Å². The molecule has 0 saturated heterocycles. The van der Waals surface area contributed by atoms with Crippen molar-refractivity contribution in [3.8, 4) is 0 Å². The zero-order chi connectivity index (χ0) is 14.7. The van der Waals surface area contributed by atoms with Crippen molar-refractivity contribution in [1.29, 1.82) is 0 Å². The Bertz CT molecular complexity index is 271. The molecule has 0 aromatic heterocycles. The molecule has 0 aliphatic carbocycles. The van der Waals surface area contributed by atoms with Gasteiger partial charge in [-0.3, -0.25) is 9.59 Å². The molecule has 0 heterocycles. The molecule has 0 spiro atoms. The minimum Gasteiger partial charge on any atom is -0.368 e. The largest absolute Gasteiger partial charge is 0.368 e. The van der Waals surface area contributed by atoms with Gasteiger partial charge in [0.2, 0.25) is 11.8 Å². The summed E-state index contributed by atoms with van der Waals surface area (Å²) in [5.41, 5.74) is 16.1. The van der Waals surface area contributed by atoms with E-state index in [1.165, 1.54) is 0 Å². The van der Waals surface area contributed by atoms with E-state index < -0.39 is 11.9 Å². The molecule has 0 aromatic carbocycles. The molecule has 0 saturated carbocycles. The Morgan fingerprint density at radius 1 is 1.00 bits per heavy atom. The van der Waals surface area contributed by atoms with Crippen LogP contribution in [0.4, 0.5) is 0 Å². The number of carbonyl (C=O) groups excluding carboxylic acids is 2. The summed E-state index contributed by atoms with van der Waals surface area (Å²) in [6.07, 6.45) is 4.76. The van der Waals surface area contributed by atoms with E-state index in [0.717, 1.165) is 32.1 Å². The normalized spacial score (nSPS) is 13.8. The third kappa shape index (κ3) is 8.56. The van der Waals surface area contributed by atoms with E-state index in [4.69, 9.17) is 17.2 Å². The maximum Gasteiger partial charge on any atom is 0.239 e. The lowest BCUT2D eigenvalue weighted by atomic mass is 10.0. The van der Waals surface area contributed by atoms with E-state index in [2.05, 4.69) is 5.32 Å². The summed E-state index contributed by atoms with van der Waals surface area (Å²) in [5, 5.41) is 2.72. The van der Waals surface area contributed by atoms with Crippen LogP contribution in [0.1, 0.15) is 45.4 Å². The average Bonchev–Trinajstić information content (AvgIpc) is 2.37. The van der Waals surface area contributed by atoms with Gasteiger partial charge in [-0.05, 0) is 45.2 Å². The van der Waals surface area contributed by atoms with E-state index in [9.17, 15) is 9.59 Å². The second kappa shape index (κ2) is 10.8. The first-order chi connectivity index (χ1) is 9.02. The molecule has 6 heteroatoms. The van der Waals surface area contributed by atoms with Gasteiger partial charge in [0.1, 0.15) is 6.04 Å². The van der Waals surface area contributed by atoms with Crippen LogP contribution in [0.5, 0.6) is 0 Å². The highest BCUT2D eigenvalue weighted by Gasteiger charge is 2.20. The predicted molar refractivity (Wildman–Crippen MR) is 76.1 cm³/mol. The first-order valence-electron chi connectivity index (χ1n) is 7.02. The van der Waals surface area contributed by atoms with Gasteiger partial charge in [0, 0.05) is 5.92 Å². The van der Waals surface area contributed by atoms with Crippen molar-refractivity contribution in [3.05, 3.63) is 0 Å². The summed E-state index contributed by atoms with van der Waals surface area (Å²) in [4.78, 5) is 23.2. The van der Waals surface area contributed by atoms with Gasteiger partial charge in [0.15, 0.2) is 0 Å². The molecule has 2 atom stereocenters. The third-order valence-corrected chi connectivity index (χ3v) is 3.15. The topological polar surface area (TPSA) is 124 Å². The number of primary amides is 1. The van der Waals surface area contributed by atoms with Gasteiger partial charge in [-0.15, -0.1) is 0 Å². The van der Waals surface area contributed by atoms with Crippen molar-refractivity contribution >= 4 is 11.8 Å². The minimum absolute atomic E-state index is 0.117. The lowest BCUT2D eigenvalue weighted by Crippen LogP contribution is -2.46. The fourth-order valence-corrected chi connectivity index (χ4v) is 1.82. The SMILES string of the molecule is CC(CCCCN)C(=O)NC(CCCCN)C(N)=O. The molecule has 7 N–H and O–H groups in total. The summed E-state index contributed by atoms with van der Waals surface area (Å²) < 4.78 is 0. The Hall–Kier alpha value is -1.14. The van der Waals surface area contributed by atoms with Crippen molar-refractivity contribution < 1.29 is 9.59 Å². The first kappa shape index (κ1) is 17.9. The summed E-state index contributed by atoms with van der Waals surface area (Å²) in [6, 6.07) is -0.587. The summed E-state index contributed by atoms with van der Waals surface area (Å²) >= 11 is 0. The van der Waals surface area contributed by atoms with Gasteiger partial charge in [0.05, 0.1) is 0 Å². The van der Waals surface area contributed by atoms with Crippen molar-refractivity contribution in [2.75, 3.05) is 13.1 Å². The lowest BCUT2D eigenvalue weighted by Gasteiger charge is -2.18. The summed E-state index contributed by atoms with van der Waals surface area (Å²) in [7, 11) is 0. The molecule has 0 aliphatic heterocycles. The number of unbranched alkanes of at least 4 members (excludes halogenated alkanes) is 2. The maximum absolute atomic E-state index is 11.9. The Labute approximate surface area is 115 Å². The van der Waals surface area contributed by atoms with Crippen LogP contribution >= 0.6 is 0 Å². The molecule has 112 valence electrons. The van der Waals surface area contributed by atoms with Crippen LogP contribution in [-0.2, 0) is 9.59 Å². The summed E-state index contributed by atoms with van der Waals surface area (Å²) in [5.74, 6) is -0.726. The summed E-state index contributed by atoms with van der Waals surface area (Å²) in [6.45, 7) is 3.07. The number of nitrogens with one attached hydrogen (secondary N) is 1. The van der Waals surface area contributed by atoms with Crippen LogP contribution < -0.4 is 22.5 Å². The van der Waals surface area contributed by atoms with Crippen molar-refractivity contribution in [1.82, 2.24) is 5.32 Å². The average molecular weight is 272 g/mol.